The molecule has 1 fully saturated rings. The van der Waals surface area contributed by atoms with Gasteiger partial charge in [0.2, 0.25) is 0 Å². The van der Waals surface area contributed by atoms with Crippen LogP contribution < -0.4 is 0 Å². The molecule has 0 N–H and O–H groups in total. The number of hydrogen-bond acceptors (Lipinski definition) is 2. The Bertz CT molecular complexity index is 372. The number of cyclic esters (lactones) is 1. The molecule has 0 saturated carbocycles. The van der Waals surface area contributed by atoms with E-state index >= 15 is 0 Å². The molecule has 1 aliphatic heterocycles. The normalized spacial score (nSPS) is 25.3. The summed E-state index contributed by atoms with van der Waals surface area (Å²) in [4.78, 5) is 11.1. The van der Waals surface area contributed by atoms with Crippen LogP contribution in [-0.4, -0.2) is 11.6 Å². The maximum Gasteiger partial charge on any atom is 0.306 e. The van der Waals surface area contributed by atoms with E-state index in [1.54, 1.807) is 0 Å². The number of carbonyl (C=O) groups is 1. The second-order valence-corrected chi connectivity index (χ2v) is 4.66. The molecule has 0 bridgehead atoms. The molecule has 80 valence electrons. The fourth-order valence-corrected chi connectivity index (χ4v) is 2.03. The van der Waals surface area contributed by atoms with Crippen LogP contribution in [0.1, 0.15) is 25.3 Å². The molecular weight excluding hydrogens is 212 g/mol. The van der Waals surface area contributed by atoms with E-state index in [2.05, 4.69) is 0 Å². The van der Waals surface area contributed by atoms with Gasteiger partial charge in [-0.2, -0.15) is 0 Å². The van der Waals surface area contributed by atoms with Crippen LogP contribution >= 0.6 is 11.6 Å². The van der Waals surface area contributed by atoms with Crippen LogP contribution in [0.3, 0.4) is 0 Å². The van der Waals surface area contributed by atoms with Crippen LogP contribution in [0.4, 0.5) is 0 Å². The topological polar surface area (TPSA) is 26.3 Å². The largest absolute Gasteiger partial charge is 0.459 e. The fraction of sp³-hybridized carbons (Fsp3) is 0.417. The number of esters is 1. The van der Waals surface area contributed by atoms with E-state index < -0.39 is 0 Å². The standard InChI is InChI=1S/C12H13ClO2/c1-12(7-6-11(14)15-12)8-9-2-4-10(13)5-3-9/h2-5H,6-8H2,1H3. The van der Waals surface area contributed by atoms with Gasteiger partial charge in [0.05, 0.1) is 0 Å². The van der Waals surface area contributed by atoms with E-state index in [4.69, 9.17) is 16.3 Å². The summed E-state index contributed by atoms with van der Waals surface area (Å²) >= 11 is 5.80. The van der Waals surface area contributed by atoms with Gasteiger partial charge in [-0.1, -0.05) is 23.7 Å². The van der Waals surface area contributed by atoms with Crippen molar-refractivity contribution < 1.29 is 9.53 Å². The summed E-state index contributed by atoms with van der Waals surface area (Å²) in [5.41, 5.74) is 0.821. The van der Waals surface area contributed by atoms with Crippen molar-refractivity contribution in [3.63, 3.8) is 0 Å². The zero-order valence-corrected chi connectivity index (χ0v) is 9.38. The number of ether oxygens (including phenoxy) is 1. The highest BCUT2D eigenvalue weighted by atomic mass is 35.5. The molecule has 1 aromatic carbocycles. The van der Waals surface area contributed by atoms with Gasteiger partial charge in [-0.3, -0.25) is 4.79 Å². The van der Waals surface area contributed by atoms with Gasteiger partial charge in [0.25, 0.3) is 0 Å². The van der Waals surface area contributed by atoms with E-state index in [-0.39, 0.29) is 11.6 Å². The van der Waals surface area contributed by atoms with Crippen molar-refractivity contribution in [2.75, 3.05) is 0 Å². The van der Waals surface area contributed by atoms with Crippen LogP contribution in [0.5, 0.6) is 0 Å². The molecule has 3 heteroatoms. The van der Waals surface area contributed by atoms with Gasteiger partial charge in [-0.15, -0.1) is 0 Å². The minimum absolute atomic E-state index is 0.0912. The maximum absolute atomic E-state index is 11.1. The van der Waals surface area contributed by atoms with Crippen molar-refractivity contribution in [3.05, 3.63) is 34.9 Å². The van der Waals surface area contributed by atoms with Crippen LogP contribution in [0, 0.1) is 0 Å². The molecule has 1 atom stereocenters. The molecule has 1 saturated heterocycles. The molecule has 0 radical (unpaired) electrons. The molecule has 0 aromatic heterocycles. The summed E-state index contributed by atoms with van der Waals surface area (Å²) in [5, 5.41) is 0.729. The highest BCUT2D eigenvalue weighted by Gasteiger charge is 2.35. The Morgan fingerprint density at radius 2 is 2.07 bits per heavy atom. The van der Waals surface area contributed by atoms with E-state index in [1.165, 1.54) is 0 Å². The van der Waals surface area contributed by atoms with Crippen molar-refractivity contribution in [3.8, 4) is 0 Å². The third kappa shape index (κ3) is 2.51. The van der Waals surface area contributed by atoms with Gasteiger partial charge in [0, 0.05) is 17.9 Å². The molecule has 1 heterocycles. The highest BCUT2D eigenvalue weighted by molar-refractivity contribution is 6.30. The third-order valence-electron chi connectivity index (χ3n) is 2.71. The van der Waals surface area contributed by atoms with Gasteiger partial charge < -0.3 is 4.74 Å². The lowest BCUT2D eigenvalue weighted by molar-refractivity contribution is -0.147. The van der Waals surface area contributed by atoms with Gasteiger partial charge in [0.1, 0.15) is 5.60 Å². The first-order chi connectivity index (χ1) is 7.07. The first-order valence-corrected chi connectivity index (χ1v) is 5.41. The third-order valence-corrected chi connectivity index (χ3v) is 2.96. The minimum atomic E-state index is -0.328. The number of benzene rings is 1. The molecule has 1 aromatic rings. The summed E-state index contributed by atoms with van der Waals surface area (Å²) in [6.07, 6.45) is 2.09. The molecule has 1 unspecified atom stereocenters. The first-order valence-electron chi connectivity index (χ1n) is 5.04. The summed E-state index contributed by atoms with van der Waals surface area (Å²) in [5.74, 6) is -0.0912. The molecule has 0 spiro atoms. The number of rotatable bonds is 2. The van der Waals surface area contributed by atoms with Crippen LogP contribution in [0.15, 0.2) is 24.3 Å². The quantitative estimate of drug-likeness (QED) is 0.722. The van der Waals surface area contributed by atoms with Crippen LogP contribution in [0.2, 0.25) is 5.02 Å². The maximum atomic E-state index is 11.1. The van der Waals surface area contributed by atoms with Gasteiger partial charge in [-0.05, 0) is 31.0 Å². The molecule has 0 amide bonds. The van der Waals surface area contributed by atoms with Crippen molar-refractivity contribution in [2.45, 2.75) is 31.8 Å². The second-order valence-electron chi connectivity index (χ2n) is 4.23. The Morgan fingerprint density at radius 1 is 1.40 bits per heavy atom. The van der Waals surface area contributed by atoms with Gasteiger partial charge >= 0.3 is 5.97 Å². The molecule has 2 rings (SSSR count). The molecule has 1 aliphatic rings. The average molecular weight is 225 g/mol. The van der Waals surface area contributed by atoms with E-state index in [0.29, 0.717) is 6.42 Å². The van der Waals surface area contributed by atoms with E-state index in [9.17, 15) is 4.79 Å². The SMILES string of the molecule is CC1(Cc2ccc(Cl)cc2)CCC(=O)O1. The van der Waals surface area contributed by atoms with Gasteiger partial charge in [0.15, 0.2) is 0 Å². The van der Waals surface area contributed by atoms with Crippen molar-refractivity contribution in [1.82, 2.24) is 0 Å². The average Bonchev–Trinajstić information content (AvgIpc) is 2.50. The smallest absolute Gasteiger partial charge is 0.306 e. The number of hydrogen-bond donors (Lipinski definition) is 0. The van der Waals surface area contributed by atoms with E-state index in [0.717, 1.165) is 23.4 Å². The fourth-order valence-electron chi connectivity index (χ4n) is 1.90. The minimum Gasteiger partial charge on any atom is -0.459 e. The Hall–Kier alpha value is -1.02. The summed E-state index contributed by atoms with van der Waals surface area (Å²) < 4.78 is 5.31. The van der Waals surface area contributed by atoms with Crippen molar-refractivity contribution in [2.24, 2.45) is 0 Å². The summed E-state index contributed by atoms with van der Waals surface area (Å²) in [6.45, 7) is 1.98. The molecular formula is C12H13ClO2. The lowest BCUT2D eigenvalue weighted by Gasteiger charge is -2.22. The van der Waals surface area contributed by atoms with E-state index in [1.807, 2.05) is 31.2 Å². The zero-order chi connectivity index (χ0) is 10.9. The van der Waals surface area contributed by atoms with Crippen LogP contribution in [0.25, 0.3) is 0 Å². The zero-order valence-electron chi connectivity index (χ0n) is 8.63. The first kappa shape index (κ1) is 10.5. The summed E-state index contributed by atoms with van der Waals surface area (Å²) in [7, 11) is 0. The second kappa shape index (κ2) is 3.86. The van der Waals surface area contributed by atoms with Crippen molar-refractivity contribution >= 4 is 17.6 Å². The predicted molar refractivity (Wildman–Crippen MR) is 58.9 cm³/mol. The van der Waals surface area contributed by atoms with Crippen molar-refractivity contribution in [1.29, 1.82) is 0 Å². The number of carbonyl (C=O) groups excluding carboxylic acids is 1. The predicted octanol–water partition coefficient (Wildman–Crippen LogP) is 2.98. The molecule has 2 nitrogen and oxygen atoms in total. The monoisotopic (exact) mass is 224 g/mol. The summed E-state index contributed by atoms with van der Waals surface area (Å²) in [6, 6.07) is 7.66. The lowest BCUT2D eigenvalue weighted by atomic mass is 9.94. The Balaban J connectivity index is 2.08. The molecule has 0 aliphatic carbocycles. The van der Waals surface area contributed by atoms with Gasteiger partial charge in [-0.25, -0.2) is 0 Å². The van der Waals surface area contributed by atoms with Crippen LogP contribution in [-0.2, 0) is 16.0 Å². The highest BCUT2D eigenvalue weighted by Crippen LogP contribution is 2.30. The Morgan fingerprint density at radius 3 is 2.60 bits per heavy atom. The lowest BCUT2D eigenvalue weighted by Crippen LogP contribution is -2.26. The Kier molecular flexibility index (Phi) is 2.70. The number of halogens is 1. The molecule has 15 heavy (non-hydrogen) atoms. The Labute approximate surface area is 94.2 Å².